The van der Waals surface area contributed by atoms with Crippen LogP contribution in [0.3, 0.4) is 0 Å². The smallest absolute Gasteiger partial charge is 0.252 e. The molecule has 0 aromatic heterocycles. The predicted octanol–water partition coefficient (Wildman–Crippen LogP) is 2.96. The lowest BCUT2D eigenvalue weighted by Crippen LogP contribution is -2.54. The van der Waals surface area contributed by atoms with Crippen LogP contribution in [0.15, 0.2) is 18.2 Å². The molecule has 1 aliphatic heterocycles. The second-order valence-corrected chi connectivity index (χ2v) is 7.99. The molecule has 1 aromatic carbocycles. The molecule has 0 saturated carbocycles. The highest BCUT2D eigenvalue weighted by Crippen LogP contribution is 2.24. The second kappa shape index (κ2) is 9.11. The van der Waals surface area contributed by atoms with Crippen LogP contribution in [-0.4, -0.2) is 50.1 Å². The highest BCUT2D eigenvalue weighted by Gasteiger charge is 2.33. The fourth-order valence-corrected chi connectivity index (χ4v) is 3.72. The summed E-state index contributed by atoms with van der Waals surface area (Å²) < 4.78 is 10.5. The van der Waals surface area contributed by atoms with Crippen molar-refractivity contribution in [1.29, 1.82) is 0 Å². The molecule has 6 nitrogen and oxygen atoms in total. The molecule has 1 aliphatic rings. The van der Waals surface area contributed by atoms with Crippen LogP contribution in [-0.2, 0) is 4.79 Å². The van der Waals surface area contributed by atoms with E-state index in [4.69, 9.17) is 9.47 Å². The number of rotatable bonds is 6. The topological polar surface area (TPSA) is 67.9 Å². The summed E-state index contributed by atoms with van der Waals surface area (Å²) in [7, 11) is 3.07. The number of nitrogens with zero attached hydrogens (tertiary/aromatic N) is 1. The SMILES string of the molecule is COc1cc(OC)cc(C(=O)N[C@H](C(=O)N2C[C@H](C)C[C@@H](C)C2)C(C)C)c1. The molecular formula is C21H32N2O4. The van der Waals surface area contributed by atoms with Gasteiger partial charge in [-0.3, -0.25) is 9.59 Å². The molecule has 1 fully saturated rings. The Kier molecular flexibility index (Phi) is 7.11. The standard InChI is InChI=1S/C21H32N2O4/c1-13(2)19(21(25)23-11-14(3)7-15(4)12-23)22-20(24)16-8-17(26-5)10-18(9-16)27-6/h8-10,13-15,19H,7,11-12H2,1-6H3,(H,22,24)/t14-,15-,19+/m1/s1. The Bertz CT molecular complexity index is 642. The molecule has 0 aliphatic carbocycles. The summed E-state index contributed by atoms with van der Waals surface area (Å²) in [4.78, 5) is 27.8. The van der Waals surface area contributed by atoms with E-state index < -0.39 is 6.04 Å². The molecule has 6 heteroatoms. The minimum Gasteiger partial charge on any atom is -0.497 e. The molecule has 1 saturated heterocycles. The molecule has 1 heterocycles. The third-order valence-corrected chi connectivity index (χ3v) is 5.01. The van der Waals surface area contributed by atoms with E-state index in [1.807, 2.05) is 18.7 Å². The van der Waals surface area contributed by atoms with Crippen LogP contribution >= 0.6 is 0 Å². The Balaban J connectivity index is 2.18. The predicted molar refractivity (Wildman–Crippen MR) is 105 cm³/mol. The highest BCUT2D eigenvalue weighted by atomic mass is 16.5. The summed E-state index contributed by atoms with van der Waals surface area (Å²) >= 11 is 0. The van der Waals surface area contributed by atoms with Gasteiger partial charge in [-0.2, -0.15) is 0 Å². The van der Waals surface area contributed by atoms with Crippen molar-refractivity contribution in [3.63, 3.8) is 0 Å². The summed E-state index contributed by atoms with van der Waals surface area (Å²) in [5, 5.41) is 2.92. The summed E-state index contributed by atoms with van der Waals surface area (Å²) in [5.74, 6) is 1.69. The van der Waals surface area contributed by atoms with E-state index in [0.29, 0.717) is 28.9 Å². The van der Waals surface area contributed by atoms with Crippen molar-refractivity contribution in [2.45, 2.75) is 40.2 Å². The van der Waals surface area contributed by atoms with Crippen molar-refractivity contribution in [3.8, 4) is 11.5 Å². The fourth-order valence-electron chi connectivity index (χ4n) is 3.72. The summed E-state index contributed by atoms with van der Waals surface area (Å²) in [5.41, 5.74) is 0.407. The first-order valence-corrected chi connectivity index (χ1v) is 9.57. The maximum Gasteiger partial charge on any atom is 0.252 e. The Labute approximate surface area is 162 Å². The molecule has 2 rings (SSSR count). The molecule has 1 aromatic rings. The Hall–Kier alpha value is -2.24. The average Bonchev–Trinajstić information content (AvgIpc) is 2.63. The highest BCUT2D eigenvalue weighted by molar-refractivity contribution is 5.98. The maximum atomic E-state index is 13.1. The molecule has 0 unspecified atom stereocenters. The molecule has 0 bridgehead atoms. The van der Waals surface area contributed by atoms with Crippen molar-refractivity contribution in [2.75, 3.05) is 27.3 Å². The van der Waals surface area contributed by atoms with Crippen LogP contribution in [0.25, 0.3) is 0 Å². The van der Waals surface area contributed by atoms with Crippen LogP contribution in [0.1, 0.15) is 44.5 Å². The van der Waals surface area contributed by atoms with Gasteiger partial charge in [0.05, 0.1) is 14.2 Å². The first-order chi connectivity index (χ1) is 12.7. The number of amides is 2. The number of hydrogen-bond acceptors (Lipinski definition) is 4. The van der Waals surface area contributed by atoms with Crippen molar-refractivity contribution >= 4 is 11.8 Å². The molecule has 3 atom stereocenters. The van der Waals surface area contributed by atoms with Crippen molar-refractivity contribution < 1.29 is 19.1 Å². The lowest BCUT2D eigenvalue weighted by atomic mass is 9.90. The van der Waals surface area contributed by atoms with Crippen molar-refractivity contribution in [3.05, 3.63) is 23.8 Å². The van der Waals surface area contributed by atoms with E-state index in [-0.39, 0.29) is 17.7 Å². The third kappa shape index (κ3) is 5.37. The molecule has 0 spiro atoms. The lowest BCUT2D eigenvalue weighted by Gasteiger charge is -2.37. The fraction of sp³-hybridized carbons (Fsp3) is 0.619. The van der Waals surface area contributed by atoms with Gasteiger partial charge >= 0.3 is 0 Å². The minimum atomic E-state index is -0.563. The number of likely N-dealkylation sites (tertiary alicyclic amines) is 1. The van der Waals surface area contributed by atoms with Gasteiger partial charge in [0.2, 0.25) is 5.91 Å². The molecule has 27 heavy (non-hydrogen) atoms. The van der Waals surface area contributed by atoms with Crippen LogP contribution in [0, 0.1) is 17.8 Å². The van der Waals surface area contributed by atoms with Gasteiger partial charge < -0.3 is 19.7 Å². The number of methoxy groups -OCH3 is 2. The number of benzene rings is 1. The summed E-state index contributed by atoms with van der Waals surface area (Å²) in [6.45, 7) is 9.73. The van der Waals surface area contributed by atoms with Gasteiger partial charge in [0.15, 0.2) is 0 Å². The average molecular weight is 376 g/mol. The van der Waals surface area contributed by atoms with Gasteiger partial charge in [0, 0.05) is 24.7 Å². The molecule has 0 radical (unpaired) electrons. The van der Waals surface area contributed by atoms with Gasteiger partial charge in [-0.05, 0) is 36.3 Å². The zero-order chi connectivity index (χ0) is 20.1. The number of carbonyl (C=O) groups is 2. The largest absolute Gasteiger partial charge is 0.497 e. The van der Waals surface area contributed by atoms with Gasteiger partial charge in [-0.25, -0.2) is 0 Å². The number of carbonyl (C=O) groups excluding carboxylic acids is 2. The second-order valence-electron chi connectivity index (χ2n) is 7.99. The number of nitrogens with one attached hydrogen (secondary N) is 1. The Morgan fingerprint density at radius 2 is 1.56 bits per heavy atom. The Morgan fingerprint density at radius 1 is 1.04 bits per heavy atom. The summed E-state index contributed by atoms with van der Waals surface area (Å²) in [6, 6.07) is 4.43. The normalized spacial score (nSPS) is 20.9. The number of hydrogen-bond donors (Lipinski definition) is 1. The van der Waals surface area contributed by atoms with E-state index >= 15 is 0 Å². The van der Waals surface area contributed by atoms with Crippen LogP contribution < -0.4 is 14.8 Å². The van der Waals surface area contributed by atoms with E-state index in [9.17, 15) is 9.59 Å². The van der Waals surface area contributed by atoms with Crippen molar-refractivity contribution in [1.82, 2.24) is 10.2 Å². The van der Waals surface area contributed by atoms with Crippen LogP contribution in [0.2, 0.25) is 0 Å². The maximum absolute atomic E-state index is 13.1. The minimum absolute atomic E-state index is 0.00777. The summed E-state index contributed by atoms with van der Waals surface area (Å²) in [6.07, 6.45) is 1.13. The van der Waals surface area contributed by atoms with Gasteiger partial charge in [-0.1, -0.05) is 27.7 Å². The van der Waals surface area contributed by atoms with E-state index in [1.165, 1.54) is 14.2 Å². The van der Waals surface area contributed by atoms with Gasteiger partial charge in [0.1, 0.15) is 17.5 Å². The van der Waals surface area contributed by atoms with E-state index in [0.717, 1.165) is 19.5 Å². The number of ether oxygens (including phenoxy) is 2. The first kappa shape index (κ1) is 21.1. The first-order valence-electron chi connectivity index (χ1n) is 9.57. The monoisotopic (exact) mass is 376 g/mol. The Morgan fingerprint density at radius 3 is 2.00 bits per heavy atom. The lowest BCUT2D eigenvalue weighted by molar-refractivity contribution is -0.137. The third-order valence-electron chi connectivity index (χ3n) is 5.01. The van der Waals surface area contributed by atoms with Gasteiger partial charge in [0.25, 0.3) is 5.91 Å². The van der Waals surface area contributed by atoms with Gasteiger partial charge in [-0.15, -0.1) is 0 Å². The zero-order valence-corrected chi connectivity index (χ0v) is 17.2. The van der Waals surface area contributed by atoms with Crippen LogP contribution in [0.4, 0.5) is 0 Å². The van der Waals surface area contributed by atoms with E-state index in [1.54, 1.807) is 18.2 Å². The van der Waals surface area contributed by atoms with Crippen LogP contribution in [0.5, 0.6) is 11.5 Å². The zero-order valence-electron chi connectivity index (χ0n) is 17.2. The van der Waals surface area contributed by atoms with E-state index in [2.05, 4.69) is 19.2 Å². The molecule has 1 N–H and O–H groups in total. The molecule has 2 amide bonds. The molecular weight excluding hydrogens is 344 g/mol. The quantitative estimate of drug-likeness (QED) is 0.829. The van der Waals surface area contributed by atoms with Crippen molar-refractivity contribution in [2.24, 2.45) is 17.8 Å². The number of piperidine rings is 1. The molecule has 150 valence electrons.